The van der Waals surface area contributed by atoms with Crippen LogP contribution in [0.2, 0.25) is 0 Å². The fourth-order valence-corrected chi connectivity index (χ4v) is 1.95. The second kappa shape index (κ2) is 7.53. The highest BCUT2D eigenvalue weighted by Gasteiger charge is 2.05. The van der Waals surface area contributed by atoms with Gasteiger partial charge in [-0.25, -0.2) is 0 Å². The van der Waals surface area contributed by atoms with Crippen LogP contribution in [0.25, 0.3) is 0 Å². The first-order valence-corrected chi connectivity index (χ1v) is 7.08. The number of hydrogen-bond acceptors (Lipinski definition) is 4. The molecule has 0 radical (unpaired) electrons. The van der Waals surface area contributed by atoms with Crippen molar-refractivity contribution in [1.29, 1.82) is 0 Å². The van der Waals surface area contributed by atoms with Gasteiger partial charge in [0.1, 0.15) is 11.5 Å². The van der Waals surface area contributed by atoms with Gasteiger partial charge in [0.15, 0.2) is 0 Å². The number of para-hydroxylation sites is 1. The van der Waals surface area contributed by atoms with Gasteiger partial charge >= 0.3 is 0 Å². The lowest BCUT2D eigenvalue weighted by Gasteiger charge is -2.09. The van der Waals surface area contributed by atoms with Crippen LogP contribution in [0.4, 0.5) is 0 Å². The third kappa shape index (κ3) is 4.38. The first kappa shape index (κ1) is 15.2. The van der Waals surface area contributed by atoms with Crippen LogP contribution in [-0.4, -0.2) is 13.2 Å². The third-order valence-corrected chi connectivity index (χ3v) is 3.14. The molecule has 2 rings (SSSR count). The van der Waals surface area contributed by atoms with Crippen molar-refractivity contribution in [3.05, 3.63) is 58.1 Å². The molecule has 0 aliphatic rings. The highest BCUT2D eigenvalue weighted by atomic mass is 16.5. The molecule has 4 heteroatoms. The molecular formula is C17H20O4. The van der Waals surface area contributed by atoms with E-state index in [0.717, 1.165) is 24.2 Å². The van der Waals surface area contributed by atoms with E-state index in [1.54, 1.807) is 6.92 Å². The minimum Gasteiger partial charge on any atom is -0.493 e. The molecule has 0 N–H and O–H groups in total. The maximum Gasteiger partial charge on any atom is 0.226 e. The zero-order chi connectivity index (χ0) is 15.1. The van der Waals surface area contributed by atoms with E-state index in [-0.39, 0.29) is 5.43 Å². The third-order valence-electron chi connectivity index (χ3n) is 3.14. The van der Waals surface area contributed by atoms with E-state index in [1.807, 2.05) is 31.2 Å². The average molecular weight is 288 g/mol. The molecule has 1 heterocycles. The number of rotatable bonds is 7. The summed E-state index contributed by atoms with van der Waals surface area (Å²) in [5.74, 6) is 1.73. The van der Waals surface area contributed by atoms with Crippen LogP contribution in [0.1, 0.15) is 24.2 Å². The van der Waals surface area contributed by atoms with Crippen LogP contribution in [0.15, 0.2) is 45.8 Å². The molecule has 112 valence electrons. The smallest absolute Gasteiger partial charge is 0.226 e. The summed E-state index contributed by atoms with van der Waals surface area (Å²) >= 11 is 0. The summed E-state index contributed by atoms with van der Waals surface area (Å²) in [5.41, 5.74) is 0.987. The normalized spacial score (nSPS) is 10.4. The zero-order valence-corrected chi connectivity index (χ0v) is 12.4. The Bertz CT molecular complexity index is 631. The number of benzene rings is 1. The first-order chi connectivity index (χ1) is 10.2. The average Bonchev–Trinajstić information content (AvgIpc) is 2.47. The van der Waals surface area contributed by atoms with E-state index in [0.29, 0.717) is 24.7 Å². The molecule has 1 aromatic carbocycles. The van der Waals surface area contributed by atoms with Crippen molar-refractivity contribution in [2.24, 2.45) is 0 Å². The summed E-state index contributed by atoms with van der Waals surface area (Å²) in [6.07, 6.45) is 3.06. The number of ether oxygens (including phenoxy) is 2. The predicted octanol–water partition coefficient (Wildman–Crippen LogP) is 3.49. The Balaban J connectivity index is 1.69. The summed E-state index contributed by atoms with van der Waals surface area (Å²) in [4.78, 5) is 11.6. The molecule has 0 atom stereocenters. The Kier molecular flexibility index (Phi) is 5.43. The van der Waals surface area contributed by atoms with Crippen LogP contribution >= 0.6 is 0 Å². The topological polar surface area (TPSA) is 48.7 Å². The van der Waals surface area contributed by atoms with Crippen LogP contribution in [0.5, 0.6) is 11.5 Å². The number of hydrogen-bond donors (Lipinski definition) is 0. The zero-order valence-electron chi connectivity index (χ0n) is 12.4. The number of unbranched alkanes of at least 4 members (excludes halogenated alkanes) is 1. The molecule has 1 aromatic heterocycles. The molecule has 0 unspecified atom stereocenters. The van der Waals surface area contributed by atoms with Gasteiger partial charge in [-0.3, -0.25) is 4.79 Å². The second-order valence-electron chi connectivity index (χ2n) is 4.84. The largest absolute Gasteiger partial charge is 0.493 e. The SMILES string of the molecule is Cc1ccccc1OCCCCOc1c(C)occc1=O. The summed E-state index contributed by atoms with van der Waals surface area (Å²) in [7, 11) is 0. The van der Waals surface area contributed by atoms with Crippen LogP contribution in [0.3, 0.4) is 0 Å². The molecule has 0 spiro atoms. The minimum atomic E-state index is -0.144. The van der Waals surface area contributed by atoms with Gasteiger partial charge in [-0.15, -0.1) is 0 Å². The quantitative estimate of drug-likeness (QED) is 0.732. The summed E-state index contributed by atoms with van der Waals surface area (Å²) in [6, 6.07) is 9.30. The molecule has 21 heavy (non-hydrogen) atoms. The summed E-state index contributed by atoms with van der Waals surface area (Å²) in [6.45, 7) is 4.86. The fourth-order valence-electron chi connectivity index (χ4n) is 1.95. The van der Waals surface area contributed by atoms with Crippen molar-refractivity contribution in [1.82, 2.24) is 0 Å². The fraction of sp³-hybridized carbons (Fsp3) is 0.353. The van der Waals surface area contributed by atoms with Crippen molar-refractivity contribution in [2.75, 3.05) is 13.2 Å². The van der Waals surface area contributed by atoms with Crippen LogP contribution < -0.4 is 14.9 Å². The second-order valence-corrected chi connectivity index (χ2v) is 4.84. The Hall–Kier alpha value is -2.23. The van der Waals surface area contributed by atoms with Crippen molar-refractivity contribution in [2.45, 2.75) is 26.7 Å². The molecule has 4 nitrogen and oxygen atoms in total. The molecule has 0 saturated heterocycles. The van der Waals surface area contributed by atoms with E-state index < -0.39 is 0 Å². The lowest BCUT2D eigenvalue weighted by Crippen LogP contribution is -2.10. The van der Waals surface area contributed by atoms with Crippen molar-refractivity contribution in [3.8, 4) is 11.5 Å². The first-order valence-electron chi connectivity index (χ1n) is 7.08. The van der Waals surface area contributed by atoms with E-state index in [2.05, 4.69) is 0 Å². The van der Waals surface area contributed by atoms with Gasteiger partial charge in [0, 0.05) is 6.07 Å². The van der Waals surface area contributed by atoms with Gasteiger partial charge < -0.3 is 13.9 Å². The molecule has 0 aliphatic heterocycles. The molecule has 0 bridgehead atoms. The molecule has 2 aromatic rings. The van der Waals surface area contributed by atoms with Crippen molar-refractivity contribution in [3.63, 3.8) is 0 Å². The Labute approximate surface area is 124 Å². The molecule has 0 fully saturated rings. The Morgan fingerprint density at radius 2 is 1.71 bits per heavy atom. The predicted molar refractivity (Wildman–Crippen MR) is 81.1 cm³/mol. The van der Waals surface area contributed by atoms with Gasteiger partial charge in [0.05, 0.1) is 19.5 Å². The standard InChI is InChI=1S/C17H20O4/c1-13-7-3-4-8-16(13)20-10-5-6-11-21-17-14(2)19-12-9-15(17)18/h3-4,7-9,12H,5-6,10-11H2,1-2H3. The van der Waals surface area contributed by atoms with Gasteiger partial charge in [-0.1, -0.05) is 18.2 Å². The highest BCUT2D eigenvalue weighted by molar-refractivity contribution is 5.31. The van der Waals surface area contributed by atoms with Gasteiger partial charge in [0.2, 0.25) is 11.2 Å². The maximum absolute atomic E-state index is 11.6. The van der Waals surface area contributed by atoms with Crippen molar-refractivity contribution < 1.29 is 13.9 Å². The van der Waals surface area contributed by atoms with Gasteiger partial charge in [0.25, 0.3) is 0 Å². The van der Waals surface area contributed by atoms with Gasteiger partial charge in [-0.05, 0) is 38.3 Å². The van der Waals surface area contributed by atoms with E-state index in [9.17, 15) is 4.79 Å². The summed E-state index contributed by atoms with van der Waals surface area (Å²) in [5, 5.41) is 0. The maximum atomic E-state index is 11.6. The summed E-state index contributed by atoms with van der Waals surface area (Å²) < 4.78 is 16.3. The molecule has 0 saturated carbocycles. The van der Waals surface area contributed by atoms with Crippen LogP contribution in [-0.2, 0) is 0 Å². The van der Waals surface area contributed by atoms with E-state index >= 15 is 0 Å². The van der Waals surface area contributed by atoms with Crippen LogP contribution in [0, 0.1) is 13.8 Å². The van der Waals surface area contributed by atoms with Crippen molar-refractivity contribution >= 4 is 0 Å². The van der Waals surface area contributed by atoms with E-state index in [4.69, 9.17) is 13.9 Å². The monoisotopic (exact) mass is 288 g/mol. The highest BCUT2D eigenvalue weighted by Crippen LogP contribution is 2.16. The Morgan fingerprint density at radius 3 is 2.43 bits per heavy atom. The van der Waals surface area contributed by atoms with Gasteiger partial charge in [-0.2, -0.15) is 0 Å². The molecule has 0 aliphatic carbocycles. The number of aryl methyl sites for hydroxylation is 2. The molecule has 0 amide bonds. The lowest BCUT2D eigenvalue weighted by molar-refractivity contribution is 0.258. The lowest BCUT2D eigenvalue weighted by atomic mass is 10.2. The Morgan fingerprint density at radius 1 is 1.00 bits per heavy atom. The minimum absolute atomic E-state index is 0.144. The van der Waals surface area contributed by atoms with E-state index in [1.165, 1.54) is 12.3 Å². The molecular weight excluding hydrogens is 268 g/mol.